The smallest absolute Gasteiger partial charge is 0.134 e. The van der Waals surface area contributed by atoms with E-state index in [0.29, 0.717) is 0 Å². The molecule has 1 fully saturated rings. The molecule has 110 valence electrons. The zero-order chi connectivity index (χ0) is 14.5. The van der Waals surface area contributed by atoms with E-state index in [0.717, 1.165) is 44.5 Å². The van der Waals surface area contributed by atoms with E-state index in [9.17, 15) is 0 Å². The first-order valence-electron chi connectivity index (χ1n) is 6.94. The van der Waals surface area contributed by atoms with Gasteiger partial charge < -0.3 is 15.0 Å². The summed E-state index contributed by atoms with van der Waals surface area (Å²) in [7, 11) is 0. The van der Waals surface area contributed by atoms with E-state index in [1.165, 1.54) is 9.13 Å². The van der Waals surface area contributed by atoms with E-state index in [4.69, 9.17) is 4.74 Å². The van der Waals surface area contributed by atoms with Gasteiger partial charge in [0.05, 0.1) is 13.2 Å². The van der Waals surface area contributed by atoms with E-state index < -0.39 is 0 Å². The summed E-state index contributed by atoms with van der Waals surface area (Å²) in [4.78, 5) is 10.9. The van der Waals surface area contributed by atoms with Crippen LogP contribution in [-0.4, -0.2) is 36.3 Å². The number of nitrogens with zero attached hydrogens (tertiary/aromatic N) is 3. The number of morpholine rings is 1. The van der Waals surface area contributed by atoms with Gasteiger partial charge in [0.15, 0.2) is 0 Å². The maximum Gasteiger partial charge on any atom is 0.134 e. The Hall–Kier alpha value is -1.41. The highest BCUT2D eigenvalue weighted by Gasteiger charge is 2.12. The lowest BCUT2D eigenvalue weighted by molar-refractivity contribution is 0.122. The summed E-state index contributed by atoms with van der Waals surface area (Å²) in [5, 5.41) is 3.35. The minimum absolute atomic E-state index is 0.759. The highest BCUT2D eigenvalue weighted by Crippen LogP contribution is 2.16. The fourth-order valence-corrected chi connectivity index (χ4v) is 2.56. The first kappa shape index (κ1) is 14.5. The van der Waals surface area contributed by atoms with Crippen molar-refractivity contribution >= 4 is 34.2 Å². The van der Waals surface area contributed by atoms with Gasteiger partial charge in [0.1, 0.15) is 18.0 Å². The lowest BCUT2D eigenvalue weighted by Crippen LogP contribution is -2.36. The van der Waals surface area contributed by atoms with Crippen LogP contribution in [0.2, 0.25) is 0 Å². The molecule has 0 radical (unpaired) electrons. The summed E-state index contributed by atoms with van der Waals surface area (Å²) < 4.78 is 6.61. The molecular formula is C15H17IN4O. The Kier molecular flexibility index (Phi) is 4.87. The highest BCUT2D eigenvalue weighted by atomic mass is 127. The topological polar surface area (TPSA) is 50.3 Å². The van der Waals surface area contributed by atoms with Crippen LogP contribution in [0.15, 0.2) is 36.7 Å². The molecule has 21 heavy (non-hydrogen) atoms. The first-order valence-corrected chi connectivity index (χ1v) is 8.02. The zero-order valence-corrected chi connectivity index (χ0v) is 13.8. The molecule has 2 heterocycles. The minimum atomic E-state index is 0.759. The summed E-state index contributed by atoms with van der Waals surface area (Å²) in [6.07, 6.45) is 1.61. The molecule has 1 aromatic carbocycles. The Balaban J connectivity index is 1.64. The van der Waals surface area contributed by atoms with E-state index in [1.807, 2.05) is 6.07 Å². The fraction of sp³-hybridized carbons (Fsp3) is 0.333. The van der Waals surface area contributed by atoms with Gasteiger partial charge in [-0.15, -0.1) is 0 Å². The van der Waals surface area contributed by atoms with Crippen molar-refractivity contribution in [3.05, 3.63) is 45.8 Å². The predicted octanol–water partition coefficient (Wildman–Crippen LogP) is 2.53. The van der Waals surface area contributed by atoms with E-state index >= 15 is 0 Å². The number of benzene rings is 1. The molecule has 1 saturated heterocycles. The van der Waals surface area contributed by atoms with Gasteiger partial charge in [-0.2, -0.15) is 0 Å². The number of hydrogen-bond donors (Lipinski definition) is 1. The third-order valence-corrected chi connectivity index (χ3v) is 4.09. The van der Waals surface area contributed by atoms with Gasteiger partial charge in [0.25, 0.3) is 0 Å². The van der Waals surface area contributed by atoms with Crippen molar-refractivity contribution in [1.29, 1.82) is 0 Å². The highest BCUT2D eigenvalue weighted by molar-refractivity contribution is 14.1. The fourth-order valence-electron chi connectivity index (χ4n) is 2.20. The summed E-state index contributed by atoms with van der Waals surface area (Å²) in [5.74, 6) is 1.81. The number of anilines is 2. The van der Waals surface area contributed by atoms with Crippen LogP contribution in [0.5, 0.6) is 0 Å². The largest absolute Gasteiger partial charge is 0.378 e. The van der Waals surface area contributed by atoms with E-state index in [2.05, 4.69) is 67.0 Å². The lowest BCUT2D eigenvalue weighted by atomic mass is 10.2. The van der Waals surface area contributed by atoms with Crippen LogP contribution in [0.25, 0.3) is 0 Å². The third kappa shape index (κ3) is 4.04. The van der Waals surface area contributed by atoms with Crippen LogP contribution in [-0.2, 0) is 11.3 Å². The Bertz CT molecular complexity index is 584. The molecule has 0 aliphatic carbocycles. The molecule has 1 N–H and O–H groups in total. The number of ether oxygens (including phenoxy) is 1. The normalized spacial score (nSPS) is 15.0. The third-order valence-electron chi connectivity index (χ3n) is 3.37. The molecule has 3 rings (SSSR count). The quantitative estimate of drug-likeness (QED) is 0.806. The summed E-state index contributed by atoms with van der Waals surface area (Å²) in [6, 6.07) is 10.5. The number of rotatable bonds is 4. The molecule has 0 bridgehead atoms. The number of nitrogens with one attached hydrogen (secondary N) is 1. The second kappa shape index (κ2) is 7.04. The van der Waals surface area contributed by atoms with Crippen LogP contribution in [0.1, 0.15) is 5.56 Å². The lowest BCUT2D eigenvalue weighted by Gasteiger charge is -2.27. The zero-order valence-electron chi connectivity index (χ0n) is 11.6. The Labute approximate surface area is 137 Å². The van der Waals surface area contributed by atoms with Crippen LogP contribution in [0, 0.1) is 3.57 Å². The van der Waals surface area contributed by atoms with Crippen molar-refractivity contribution < 1.29 is 4.74 Å². The monoisotopic (exact) mass is 396 g/mol. The molecule has 5 nitrogen and oxygen atoms in total. The number of aromatic nitrogens is 2. The molecule has 1 aliphatic heterocycles. The molecule has 0 amide bonds. The molecule has 0 unspecified atom stereocenters. The number of halogens is 1. The van der Waals surface area contributed by atoms with Crippen molar-refractivity contribution in [3.63, 3.8) is 0 Å². The van der Waals surface area contributed by atoms with Crippen LogP contribution < -0.4 is 10.2 Å². The van der Waals surface area contributed by atoms with Gasteiger partial charge >= 0.3 is 0 Å². The van der Waals surface area contributed by atoms with Gasteiger partial charge in [-0.25, -0.2) is 9.97 Å². The first-order chi connectivity index (χ1) is 10.3. The number of hydrogen-bond acceptors (Lipinski definition) is 5. The Morgan fingerprint density at radius 2 is 1.90 bits per heavy atom. The second-order valence-corrected chi connectivity index (χ2v) is 6.09. The summed E-state index contributed by atoms with van der Waals surface area (Å²) in [5.41, 5.74) is 1.24. The Morgan fingerprint density at radius 1 is 1.14 bits per heavy atom. The Morgan fingerprint density at radius 3 is 2.67 bits per heavy atom. The van der Waals surface area contributed by atoms with E-state index in [-0.39, 0.29) is 0 Å². The second-order valence-electron chi connectivity index (χ2n) is 4.84. The maximum atomic E-state index is 5.37. The van der Waals surface area contributed by atoms with Gasteiger partial charge in [0, 0.05) is 29.3 Å². The standard InChI is InChI=1S/C15H17IN4O/c16-13-3-1-12(2-4-13)10-17-14-9-15(19-11-18-14)20-5-7-21-8-6-20/h1-4,9,11H,5-8,10H2,(H,17,18,19). The van der Waals surface area contributed by atoms with Crippen molar-refractivity contribution in [2.45, 2.75) is 6.54 Å². The van der Waals surface area contributed by atoms with Crippen LogP contribution in [0.4, 0.5) is 11.6 Å². The van der Waals surface area contributed by atoms with Gasteiger partial charge in [0.2, 0.25) is 0 Å². The maximum absolute atomic E-state index is 5.37. The van der Waals surface area contributed by atoms with E-state index in [1.54, 1.807) is 6.33 Å². The van der Waals surface area contributed by atoms with Crippen molar-refractivity contribution in [2.75, 3.05) is 36.5 Å². The molecule has 0 atom stereocenters. The summed E-state index contributed by atoms with van der Waals surface area (Å²) in [6.45, 7) is 4.04. The minimum Gasteiger partial charge on any atom is -0.378 e. The molecular weight excluding hydrogens is 379 g/mol. The van der Waals surface area contributed by atoms with Gasteiger partial charge in [-0.3, -0.25) is 0 Å². The molecule has 6 heteroatoms. The molecule has 0 saturated carbocycles. The average Bonchev–Trinajstić information content (AvgIpc) is 2.55. The average molecular weight is 396 g/mol. The van der Waals surface area contributed by atoms with Crippen molar-refractivity contribution in [3.8, 4) is 0 Å². The molecule has 1 aromatic heterocycles. The van der Waals surface area contributed by atoms with Gasteiger partial charge in [-0.1, -0.05) is 12.1 Å². The van der Waals surface area contributed by atoms with Crippen LogP contribution in [0.3, 0.4) is 0 Å². The van der Waals surface area contributed by atoms with Crippen molar-refractivity contribution in [1.82, 2.24) is 9.97 Å². The molecule has 1 aliphatic rings. The SMILES string of the molecule is Ic1ccc(CNc2cc(N3CCOCC3)ncn2)cc1. The van der Waals surface area contributed by atoms with Crippen LogP contribution >= 0.6 is 22.6 Å². The molecule has 2 aromatic rings. The predicted molar refractivity (Wildman–Crippen MR) is 91.5 cm³/mol. The molecule has 0 spiro atoms. The van der Waals surface area contributed by atoms with Gasteiger partial charge in [-0.05, 0) is 40.3 Å². The summed E-state index contributed by atoms with van der Waals surface area (Å²) >= 11 is 2.31. The van der Waals surface area contributed by atoms with Crippen molar-refractivity contribution in [2.24, 2.45) is 0 Å².